The smallest absolute Gasteiger partial charge is 0.119 e. The molecule has 1 N–H and O–H groups in total. The maximum atomic E-state index is 5.79. The molecule has 0 atom stereocenters. The molecule has 0 spiro atoms. The zero-order valence-corrected chi connectivity index (χ0v) is 15.1. The van der Waals surface area contributed by atoms with Crippen LogP contribution in [0.4, 0.5) is 0 Å². The van der Waals surface area contributed by atoms with Gasteiger partial charge in [0, 0.05) is 21.3 Å². The van der Waals surface area contributed by atoms with E-state index in [0.717, 1.165) is 25.2 Å². The van der Waals surface area contributed by atoms with E-state index >= 15 is 0 Å². The molecule has 126 valence electrons. The predicted molar refractivity (Wildman–Crippen MR) is 107 cm³/mol. The van der Waals surface area contributed by atoms with Gasteiger partial charge in [0.05, 0.1) is 12.3 Å². The second-order valence-electron chi connectivity index (χ2n) is 6.12. The van der Waals surface area contributed by atoms with E-state index in [-0.39, 0.29) is 0 Å². The van der Waals surface area contributed by atoms with Gasteiger partial charge < -0.3 is 9.72 Å². The zero-order valence-electron chi connectivity index (χ0n) is 14.3. The number of aromatic nitrogens is 1. The van der Waals surface area contributed by atoms with Crippen molar-refractivity contribution in [3.05, 3.63) is 66.0 Å². The van der Waals surface area contributed by atoms with E-state index in [9.17, 15) is 0 Å². The number of unbranched alkanes of at least 4 members (excludes halogenated alkanes) is 1. The van der Waals surface area contributed by atoms with E-state index in [2.05, 4.69) is 78.0 Å². The Morgan fingerprint density at radius 2 is 1.80 bits per heavy atom. The SMILES string of the molecule is CCCCOc1ccc(-c2[nH]c3ccccc3c2-c2cccs2)cc1. The molecule has 2 aromatic heterocycles. The van der Waals surface area contributed by atoms with Crippen LogP contribution in [0.2, 0.25) is 0 Å². The van der Waals surface area contributed by atoms with Crippen LogP contribution < -0.4 is 4.74 Å². The summed E-state index contributed by atoms with van der Waals surface area (Å²) in [7, 11) is 0. The molecule has 4 aromatic rings. The second kappa shape index (κ2) is 7.16. The Balaban J connectivity index is 1.75. The van der Waals surface area contributed by atoms with E-state index in [4.69, 9.17) is 4.74 Å². The van der Waals surface area contributed by atoms with Gasteiger partial charge in [-0.2, -0.15) is 0 Å². The highest BCUT2D eigenvalue weighted by molar-refractivity contribution is 7.13. The molecule has 0 aliphatic carbocycles. The molecule has 2 heterocycles. The summed E-state index contributed by atoms with van der Waals surface area (Å²) < 4.78 is 5.79. The number of aromatic amines is 1. The Bertz CT molecular complexity index is 952. The van der Waals surface area contributed by atoms with Crippen molar-refractivity contribution in [1.29, 1.82) is 0 Å². The van der Waals surface area contributed by atoms with E-state index in [1.54, 1.807) is 11.3 Å². The molecule has 0 saturated heterocycles. The molecule has 2 aromatic carbocycles. The first-order valence-electron chi connectivity index (χ1n) is 8.74. The minimum Gasteiger partial charge on any atom is -0.494 e. The summed E-state index contributed by atoms with van der Waals surface area (Å²) in [6.45, 7) is 2.96. The number of rotatable bonds is 6. The van der Waals surface area contributed by atoms with E-state index in [1.807, 2.05) is 0 Å². The molecule has 0 aliphatic heterocycles. The predicted octanol–water partition coefficient (Wildman–Crippen LogP) is 6.74. The van der Waals surface area contributed by atoms with Crippen LogP contribution in [0.3, 0.4) is 0 Å². The first-order valence-corrected chi connectivity index (χ1v) is 9.62. The fraction of sp³-hybridized carbons (Fsp3) is 0.182. The largest absolute Gasteiger partial charge is 0.494 e. The van der Waals surface area contributed by atoms with Gasteiger partial charge >= 0.3 is 0 Å². The molecule has 2 nitrogen and oxygen atoms in total. The first-order chi connectivity index (χ1) is 12.4. The van der Waals surface area contributed by atoms with Crippen molar-refractivity contribution < 1.29 is 4.74 Å². The molecule has 0 aliphatic rings. The fourth-order valence-corrected chi connectivity index (χ4v) is 3.88. The zero-order chi connectivity index (χ0) is 17.1. The van der Waals surface area contributed by atoms with Crippen molar-refractivity contribution in [2.24, 2.45) is 0 Å². The van der Waals surface area contributed by atoms with Crippen molar-refractivity contribution >= 4 is 22.2 Å². The Hall–Kier alpha value is -2.52. The average Bonchev–Trinajstić information content (AvgIpc) is 3.29. The Morgan fingerprint density at radius 3 is 2.56 bits per heavy atom. The summed E-state index contributed by atoms with van der Waals surface area (Å²) in [5.41, 5.74) is 4.81. The molecule has 4 rings (SSSR count). The number of hydrogen-bond acceptors (Lipinski definition) is 2. The molecule has 0 bridgehead atoms. The van der Waals surface area contributed by atoms with Gasteiger partial charge in [-0.25, -0.2) is 0 Å². The summed E-state index contributed by atoms with van der Waals surface area (Å²) in [6, 6.07) is 21.2. The standard InChI is InChI=1S/C22H21NOS/c1-2-3-14-24-17-12-10-16(11-13-17)22-21(20-9-6-15-25-20)18-7-4-5-8-19(18)23-22/h4-13,15,23H,2-3,14H2,1H3. The van der Waals surface area contributed by atoms with Gasteiger partial charge in [0.15, 0.2) is 0 Å². The van der Waals surface area contributed by atoms with Crippen LogP contribution in [0.25, 0.3) is 32.6 Å². The van der Waals surface area contributed by atoms with Crippen molar-refractivity contribution in [3.8, 4) is 27.4 Å². The highest BCUT2D eigenvalue weighted by Gasteiger charge is 2.15. The third kappa shape index (κ3) is 3.20. The average molecular weight is 347 g/mol. The van der Waals surface area contributed by atoms with Crippen LogP contribution in [-0.2, 0) is 0 Å². The van der Waals surface area contributed by atoms with Crippen molar-refractivity contribution in [1.82, 2.24) is 4.98 Å². The summed E-state index contributed by atoms with van der Waals surface area (Å²) in [6.07, 6.45) is 2.24. The molecule has 25 heavy (non-hydrogen) atoms. The monoisotopic (exact) mass is 347 g/mol. The molecular formula is C22H21NOS. The highest BCUT2D eigenvalue weighted by atomic mass is 32.1. The molecule has 0 unspecified atom stereocenters. The van der Waals surface area contributed by atoms with E-state index < -0.39 is 0 Å². The van der Waals surface area contributed by atoms with Crippen molar-refractivity contribution in [2.75, 3.05) is 6.61 Å². The second-order valence-corrected chi connectivity index (χ2v) is 7.07. The van der Waals surface area contributed by atoms with Crippen LogP contribution >= 0.6 is 11.3 Å². The summed E-state index contributed by atoms with van der Waals surface area (Å²) in [5.74, 6) is 0.936. The number of nitrogens with one attached hydrogen (secondary N) is 1. The quantitative estimate of drug-likeness (QED) is 0.384. The number of benzene rings is 2. The summed E-state index contributed by atoms with van der Waals surface area (Å²) in [4.78, 5) is 4.89. The van der Waals surface area contributed by atoms with Gasteiger partial charge in [-0.1, -0.05) is 37.6 Å². The topological polar surface area (TPSA) is 25.0 Å². The van der Waals surface area contributed by atoms with Crippen LogP contribution in [0.15, 0.2) is 66.0 Å². The number of fused-ring (bicyclic) bond motifs is 1. The molecule has 0 saturated carbocycles. The van der Waals surface area contributed by atoms with Gasteiger partial charge in [0.1, 0.15) is 5.75 Å². The minimum absolute atomic E-state index is 0.780. The maximum absolute atomic E-state index is 5.79. The van der Waals surface area contributed by atoms with Crippen LogP contribution in [0.5, 0.6) is 5.75 Å². The van der Waals surface area contributed by atoms with E-state index in [1.165, 1.54) is 32.6 Å². The number of H-pyrrole nitrogens is 1. The van der Waals surface area contributed by atoms with Crippen LogP contribution in [0.1, 0.15) is 19.8 Å². The normalized spacial score (nSPS) is 11.1. The Kier molecular flexibility index (Phi) is 4.57. The van der Waals surface area contributed by atoms with Crippen molar-refractivity contribution in [2.45, 2.75) is 19.8 Å². The molecule has 0 amide bonds. The highest BCUT2D eigenvalue weighted by Crippen LogP contribution is 2.40. The number of thiophene rings is 1. The third-order valence-corrected chi connectivity index (χ3v) is 5.27. The van der Waals surface area contributed by atoms with Gasteiger partial charge in [-0.15, -0.1) is 11.3 Å². The lowest BCUT2D eigenvalue weighted by atomic mass is 10.0. The number of para-hydroxylation sites is 1. The Labute approximate surface area is 152 Å². The van der Waals surface area contributed by atoms with Gasteiger partial charge in [-0.3, -0.25) is 0 Å². The number of hydrogen-bond donors (Lipinski definition) is 1. The molecular weight excluding hydrogens is 326 g/mol. The minimum atomic E-state index is 0.780. The lowest BCUT2D eigenvalue weighted by molar-refractivity contribution is 0.309. The summed E-state index contributed by atoms with van der Waals surface area (Å²) in [5, 5.41) is 3.40. The van der Waals surface area contributed by atoms with E-state index in [0.29, 0.717) is 0 Å². The van der Waals surface area contributed by atoms with Gasteiger partial charge in [0.2, 0.25) is 0 Å². The fourth-order valence-electron chi connectivity index (χ4n) is 3.09. The van der Waals surface area contributed by atoms with Crippen LogP contribution in [-0.4, -0.2) is 11.6 Å². The van der Waals surface area contributed by atoms with Crippen molar-refractivity contribution in [3.63, 3.8) is 0 Å². The third-order valence-electron chi connectivity index (χ3n) is 4.38. The van der Waals surface area contributed by atoms with Crippen LogP contribution in [0, 0.1) is 0 Å². The Morgan fingerprint density at radius 1 is 0.960 bits per heavy atom. The maximum Gasteiger partial charge on any atom is 0.119 e. The van der Waals surface area contributed by atoms with Gasteiger partial charge in [0.25, 0.3) is 0 Å². The lowest BCUT2D eigenvalue weighted by Crippen LogP contribution is -1.96. The van der Waals surface area contributed by atoms with Gasteiger partial charge in [-0.05, 0) is 53.8 Å². The first kappa shape index (κ1) is 16.0. The molecule has 0 fully saturated rings. The molecule has 3 heteroatoms. The molecule has 0 radical (unpaired) electrons. The lowest BCUT2D eigenvalue weighted by Gasteiger charge is -2.07. The summed E-state index contributed by atoms with van der Waals surface area (Å²) >= 11 is 1.78. The number of ether oxygens (including phenoxy) is 1.